The van der Waals surface area contributed by atoms with Crippen LogP contribution in [0.1, 0.15) is 18.1 Å². The van der Waals surface area contributed by atoms with E-state index < -0.39 is 0 Å². The molecular weight excluding hydrogens is 198 g/mol. The molecule has 1 aromatic carbocycles. The Labute approximate surface area is 98.6 Å². The highest BCUT2D eigenvalue weighted by molar-refractivity contribution is 5.23. The van der Waals surface area contributed by atoms with Crippen LogP contribution in [0.15, 0.2) is 24.3 Å². The molecule has 1 rings (SSSR count). The number of benzene rings is 1. The average Bonchev–Trinajstić information content (AvgIpc) is 2.28. The summed E-state index contributed by atoms with van der Waals surface area (Å²) in [6.45, 7) is 3.12. The standard InChI is InChI=1S/C13H23N3/c1-4-11-5-7-12(8-6-11)9-13(15-14)10-16(2)3/h5-8,13,15H,4,9-10,14H2,1-3H3. The van der Waals surface area contributed by atoms with Crippen molar-refractivity contribution in [1.29, 1.82) is 0 Å². The van der Waals surface area contributed by atoms with Crippen molar-refractivity contribution in [3.8, 4) is 0 Å². The summed E-state index contributed by atoms with van der Waals surface area (Å²) < 4.78 is 0. The smallest absolute Gasteiger partial charge is 0.0377 e. The Bertz CT molecular complexity index is 293. The number of rotatable bonds is 6. The van der Waals surface area contributed by atoms with Crippen LogP contribution < -0.4 is 11.3 Å². The molecule has 1 aromatic rings. The SMILES string of the molecule is CCc1ccc(CC(CN(C)C)NN)cc1. The monoisotopic (exact) mass is 221 g/mol. The van der Waals surface area contributed by atoms with Gasteiger partial charge in [-0.1, -0.05) is 31.2 Å². The van der Waals surface area contributed by atoms with E-state index in [2.05, 4.69) is 55.6 Å². The van der Waals surface area contributed by atoms with E-state index in [1.165, 1.54) is 11.1 Å². The van der Waals surface area contributed by atoms with E-state index in [-0.39, 0.29) is 0 Å². The topological polar surface area (TPSA) is 41.3 Å². The Morgan fingerprint density at radius 3 is 2.19 bits per heavy atom. The highest BCUT2D eigenvalue weighted by atomic mass is 15.3. The first-order valence-corrected chi connectivity index (χ1v) is 5.84. The maximum Gasteiger partial charge on any atom is 0.0377 e. The minimum Gasteiger partial charge on any atom is -0.308 e. The van der Waals surface area contributed by atoms with Crippen molar-refractivity contribution in [2.45, 2.75) is 25.8 Å². The maximum atomic E-state index is 5.55. The van der Waals surface area contributed by atoms with E-state index in [9.17, 15) is 0 Å². The minimum absolute atomic E-state index is 0.308. The van der Waals surface area contributed by atoms with Crippen LogP contribution in [0.5, 0.6) is 0 Å². The van der Waals surface area contributed by atoms with Crippen molar-refractivity contribution < 1.29 is 0 Å². The molecule has 3 N–H and O–H groups in total. The van der Waals surface area contributed by atoms with E-state index in [1.807, 2.05) is 0 Å². The zero-order chi connectivity index (χ0) is 12.0. The molecule has 0 amide bonds. The highest BCUT2D eigenvalue weighted by Crippen LogP contribution is 2.07. The lowest BCUT2D eigenvalue weighted by Gasteiger charge is -2.20. The van der Waals surface area contributed by atoms with Gasteiger partial charge in [0.05, 0.1) is 0 Å². The van der Waals surface area contributed by atoms with Gasteiger partial charge in [0.25, 0.3) is 0 Å². The van der Waals surface area contributed by atoms with E-state index in [0.717, 1.165) is 19.4 Å². The summed E-state index contributed by atoms with van der Waals surface area (Å²) in [5.41, 5.74) is 5.59. The third-order valence-corrected chi connectivity index (χ3v) is 2.73. The molecule has 0 saturated heterocycles. The largest absolute Gasteiger partial charge is 0.308 e. The zero-order valence-electron chi connectivity index (χ0n) is 10.5. The number of nitrogens with one attached hydrogen (secondary N) is 1. The molecule has 16 heavy (non-hydrogen) atoms. The number of hydrazine groups is 1. The second kappa shape index (κ2) is 6.63. The number of hydrogen-bond donors (Lipinski definition) is 2. The lowest BCUT2D eigenvalue weighted by molar-refractivity contribution is 0.338. The van der Waals surface area contributed by atoms with Gasteiger partial charge in [-0.2, -0.15) is 0 Å². The molecule has 0 bridgehead atoms. The van der Waals surface area contributed by atoms with Gasteiger partial charge in [0.15, 0.2) is 0 Å². The third-order valence-electron chi connectivity index (χ3n) is 2.73. The number of likely N-dealkylation sites (N-methyl/N-ethyl adjacent to an activating group) is 1. The van der Waals surface area contributed by atoms with Crippen LogP contribution in [0.2, 0.25) is 0 Å². The van der Waals surface area contributed by atoms with Crippen LogP contribution in [0.3, 0.4) is 0 Å². The Morgan fingerprint density at radius 1 is 1.19 bits per heavy atom. The molecule has 1 unspecified atom stereocenters. The molecule has 3 heteroatoms. The van der Waals surface area contributed by atoms with Gasteiger partial charge < -0.3 is 4.90 Å². The van der Waals surface area contributed by atoms with Gasteiger partial charge in [0.2, 0.25) is 0 Å². The molecule has 0 aliphatic carbocycles. The Hall–Kier alpha value is -0.900. The fourth-order valence-electron chi connectivity index (χ4n) is 1.81. The molecule has 0 saturated carbocycles. The van der Waals surface area contributed by atoms with Crippen LogP contribution in [-0.4, -0.2) is 31.6 Å². The van der Waals surface area contributed by atoms with Crippen molar-refractivity contribution in [2.75, 3.05) is 20.6 Å². The van der Waals surface area contributed by atoms with Crippen molar-refractivity contribution in [1.82, 2.24) is 10.3 Å². The molecule has 0 aromatic heterocycles. The van der Waals surface area contributed by atoms with Crippen molar-refractivity contribution in [3.63, 3.8) is 0 Å². The number of hydrogen-bond acceptors (Lipinski definition) is 3. The van der Waals surface area contributed by atoms with E-state index in [0.29, 0.717) is 6.04 Å². The van der Waals surface area contributed by atoms with Crippen LogP contribution in [-0.2, 0) is 12.8 Å². The van der Waals surface area contributed by atoms with Crippen molar-refractivity contribution in [3.05, 3.63) is 35.4 Å². The molecule has 0 aliphatic heterocycles. The van der Waals surface area contributed by atoms with Crippen LogP contribution in [0, 0.1) is 0 Å². The quantitative estimate of drug-likeness (QED) is 0.560. The second-order valence-electron chi connectivity index (χ2n) is 4.50. The summed E-state index contributed by atoms with van der Waals surface area (Å²) in [5.74, 6) is 5.55. The maximum absolute atomic E-state index is 5.55. The van der Waals surface area contributed by atoms with Crippen molar-refractivity contribution >= 4 is 0 Å². The number of aryl methyl sites for hydroxylation is 1. The van der Waals surface area contributed by atoms with E-state index in [4.69, 9.17) is 5.84 Å². The Kier molecular flexibility index (Phi) is 5.46. The molecule has 0 aliphatic rings. The van der Waals surface area contributed by atoms with Gasteiger partial charge in [-0.15, -0.1) is 0 Å². The van der Waals surface area contributed by atoms with Gasteiger partial charge in [0, 0.05) is 12.6 Å². The average molecular weight is 221 g/mol. The second-order valence-corrected chi connectivity index (χ2v) is 4.50. The summed E-state index contributed by atoms with van der Waals surface area (Å²) in [4.78, 5) is 2.14. The van der Waals surface area contributed by atoms with Gasteiger partial charge in [-0.05, 0) is 38.1 Å². The van der Waals surface area contributed by atoms with Gasteiger partial charge in [-0.3, -0.25) is 11.3 Å². The first-order chi connectivity index (χ1) is 7.65. The summed E-state index contributed by atoms with van der Waals surface area (Å²) in [6, 6.07) is 9.08. The molecule has 0 spiro atoms. The molecule has 1 atom stereocenters. The fourth-order valence-corrected chi connectivity index (χ4v) is 1.81. The molecule has 90 valence electrons. The summed E-state index contributed by atoms with van der Waals surface area (Å²) in [5, 5.41) is 0. The molecule has 0 fully saturated rings. The number of nitrogens with zero attached hydrogens (tertiary/aromatic N) is 1. The Morgan fingerprint density at radius 2 is 1.75 bits per heavy atom. The van der Waals surface area contributed by atoms with Crippen LogP contribution >= 0.6 is 0 Å². The molecule has 0 radical (unpaired) electrons. The lowest BCUT2D eigenvalue weighted by atomic mass is 10.0. The zero-order valence-corrected chi connectivity index (χ0v) is 10.5. The minimum atomic E-state index is 0.308. The normalized spacial score (nSPS) is 13.1. The van der Waals surface area contributed by atoms with E-state index in [1.54, 1.807) is 0 Å². The predicted molar refractivity (Wildman–Crippen MR) is 69.2 cm³/mol. The van der Waals surface area contributed by atoms with Crippen molar-refractivity contribution in [2.24, 2.45) is 5.84 Å². The lowest BCUT2D eigenvalue weighted by Crippen LogP contribution is -2.43. The predicted octanol–water partition coefficient (Wildman–Crippen LogP) is 1.19. The van der Waals surface area contributed by atoms with Gasteiger partial charge in [-0.25, -0.2) is 0 Å². The summed E-state index contributed by atoms with van der Waals surface area (Å²) in [6.07, 6.45) is 2.06. The molecular formula is C13H23N3. The first kappa shape index (κ1) is 13.2. The van der Waals surface area contributed by atoms with Crippen LogP contribution in [0.25, 0.3) is 0 Å². The van der Waals surface area contributed by atoms with Gasteiger partial charge >= 0.3 is 0 Å². The third kappa shape index (κ3) is 4.31. The molecule has 3 nitrogen and oxygen atoms in total. The summed E-state index contributed by atoms with van der Waals surface area (Å²) >= 11 is 0. The fraction of sp³-hybridized carbons (Fsp3) is 0.538. The highest BCUT2D eigenvalue weighted by Gasteiger charge is 2.08. The summed E-state index contributed by atoms with van der Waals surface area (Å²) in [7, 11) is 4.12. The molecule has 0 heterocycles. The number of nitrogens with two attached hydrogens (primary N) is 1. The van der Waals surface area contributed by atoms with Gasteiger partial charge in [0.1, 0.15) is 0 Å². The van der Waals surface area contributed by atoms with Crippen LogP contribution in [0.4, 0.5) is 0 Å². The van der Waals surface area contributed by atoms with E-state index >= 15 is 0 Å². The first-order valence-electron chi connectivity index (χ1n) is 5.84. The Balaban J connectivity index is 2.56.